The number of rotatable bonds is 7. The Bertz CT molecular complexity index is 782. The van der Waals surface area contributed by atoms with Gasteiger partial charge in [0.2, 0.25) is 5.91 Å². The Labute approximate surface area is 154 Å². The van der Waals surface area contributed by atoms with Crippen molar-refractivity contribution >= 4 is 17.2 Å². The fraction of sp³-hybridized carbons (Fsp3) is 0.400. The van der Waals surface area contributed by atoms with Crippen molar-refractivity contribution in [1.29, 1.82) is 0 Å². The fourth-order valence-electron chi connectivity index (χ4n) is 3.10. The number of ether oxygens (including phenoxy) is 1. The number of benzene rings is 1. The first kappa shape index (κ1) is 18.2. The number of anilines is 1. The average Bonchev–Trinajstić information content (AvgIpc) is 3.16. The second-order valence-electron chi connectivity index (χ2n) is 6.36. The third-order valence-electron chi connectivity index (χ3n) is 4.66. The first-order chi connectivity index (χ1) is 12.7. The van der Waals surface area contributed by atoms with Crippen LogP contribution in [0, 0.1) is 0 Å². The van der Waals surface area contributed by atoms with Crippen molar-refractivity contribution in [2.75, 3.05) is 32.1 Å². The highest BCUT2D eigenvalue weighted by Crippen LogP contribution is 2.24. The Kier molecular flexibility index (Phi) is 6.07. The average molecular weight is 354 g/mol. The summed E-state index contributed by atoms with van der Waals surface area (Å²) in [7, 11) is 1.60. The molecule has 3 rings (SSSR count). The van der Waals surface area contributed by atoms with Crippen molar-refractivity contribution in [3.8, 4) is 5.75 Å². The van der Waals surface area contributed by atoms with Gasteiger partial charge in [0.15, 0.2) is 0 Å². The number of carbonyl (C=O) groups excluding carboxylic acids is 1. The predicted molar refractivity (Wildman–Crippen MR) is 103 cm³/mol. The minimum absolute atomic E-state index is 0.00787. The van der Waals surface area contributed by atoms with Gasteiger partial charge in [0.1, 0.15) is 5.75 Å². The van der Waals surface area contributed by atoms with E-state index >= 15 is 0 Å². The van der Waals surface area contributed by atoms with E-state index in [0.29, 0.717) is 17.9 Å². The lowest BCUT2D eigenvalue weighted by atomic mass is 10.0. The number of methoxy groups -OCH3 is 1. The van der Waals surface area contributed by atoms with Crippen LogP contribution >= 0.6 is 0 Å². The summed E-state index contributed by atoms with van der Waals surface area (Å²) >= 11 is 0. The Balaban J connectivity index is 1.48. The molecule has 26 heavy (non-hydrogen) atoms. The molecule has 0 unspecified atom stereocenters. The lowest BCUT2D eigenvalue weighted by molar-refractivity contribution is -0.116. The van der Waals surface area contributed by atoms with Gasteiger partial charge >= 0.3 is 0 Å². The summed E-state index contributed by atoms with van der Waals surface area (Å²) in [4.78, 5) is 14.5. The molecule has 0 saturated carbocycles. The molecule has 1 N–H and O–H groups in total. The van der Waals surface area contributed by atoms with Crippen molar-refractivity contribution in [2.24, 2.45) is 0 Å². The predicted octanol–water partition coefficient (Wildman–Crippen LogP) is 3.03. The molecule has 0 saturated heterocycles. The monoisotopic (exact) mass is 354 g/mol. The molecule has 1 aliphatic rings. The smallest absolute Gasteiger partial charge is 0.225 e. The molecule has 0 aliphatic carbocycles. The maximum Gasteiger partial charge on any atom is 0.225 e. The number of aromatic nitrogens is 2. The second-order valence-corrected chi connectivity index (χ2v) is 6.36. The zero-order valence-corrected chi connectivity index (χ0v) is 15.4. The van der Waals surface area contributed by atoms with Crippen LogP contribution in [0.15, 0.2) is 42.7 Å². The number of hydrogen-bond acceptors (Lipinski definition) is 4. The summed E-state index contributed by atoms with van der Waals surface area (Å²) in [5.41, 5.74) is 3.27. The number of hydrogen-bond donors (Lipinski definition) is 1. The Morgan fingerprint density at radius 3 is 2.88 bits per heavy atom. The van der Waals surface area contributed by atoms with Gasteiger partial charge in [0.05, 0.1) is 19.0 Å². The van der Waals surface area contributed by atoms with Crippen molar-refractivity contribution in [2.45, 2.75) is 26.3 Å². The van der Waals surface area contributed by atoms with Gasteiger partial charge in [0, 0.05) is 44.4 Å². The van der Waals surface area contributed by atoms with E-state index in [2.05, 4.69) is 34.5 Å². The maximum atomic E-state index is 12.2. The molecule has 2 aromatic rings. The van der Waals surface area contributed by atoms with Gasteiger partial charge in [0.25, 0.3) is 0 Å². The molecule has 6 heteroatoms. The molecule has 1 amide bonds. The van der Waals surface area contributed by atoms with Crippen LogP contribution in [0.3, 0.4) is 0 Å². The molecule has 0 spiro atoms. The quantitative estimate of drug-likeness (QED) is 0.830. The highest BCUT2D eigenvalue weighted by molar-refractivity contribution is 5.92. The van der Waals surface area contributed by atoms with E-state index in [1.807, 2.05) is 35.1 Å². The number of amides is 1. The molecule has 6 nitrogen and oxygen atoms in total. The van der Waals surface area contributed by atoms with Gasteiger partial charge in [-0.3, -0.25) is 14.4 Å². The molecular weight excluding hydrogens is 328 g/mol. The van der Waals surface area contributed by atoms with Crippen LogP contribution in [0.5, 0.6) is 5.75 Å². The van der Waals surface area contributed by atoms with E-state index in [-0.39, 0.29) is 5.91 Å². The lowest BCUT2D eigenvalue weighted by Gasteiger charge is -2.25. The minimum atomic E-state index is 0.00787. The fourth-order valence-corrected chi connectivity index (χ4v) is 3.10. The van der Waals surface area contributed by atoms with Gasteiger partial charge in [-0.1, -0.05) is 18.2 Å². The van der Waals surface area contributed by atoms with Gasteiger partial charge in [-0.15, -0.1) is 0 Å². The molecule has 0 fully saturated rings. The molecular formula is C20H26N4O2. The normalized spacial score (nSPS) is 14.8. The lowest BCUT2D eigenvalue weighted by Crippen LogP contribution is -2.31. The van der Waals surface area contributed by atoms with E-state index in [4.69, 9.17) is 4.74 Å². The minimum Gasteiger partial charge on any atom is -0.495 e. The summed E-state index contributed by atoms with van der Waals surface area (Å²) in [5.74, 6) is 0.688. The third kappa shape index (κ3) is 4.52. The van der Waals surface area contributed by atoms with Crippen LogP contribution in [-0.4, -0.2) is 47.3 Å². The van der Waals surface area contributed by atoms with Crippen LogP contribution < -0.4 is 10.1 Å². The Morgan fingerprint density at radius 1 is 1.35 bits per heavy atom. The Morgan fingerprint density at radius 2 is 2.19 bits per heavy atom. The van der Waals surface area contributed by atoms with Gasteiger partial charge in [-0.05, 0) is 31.1 Å². The molecule has 1 aromatic heterocycles. The van der Waals surface area contributed by atoms with E-state index in [1.165, 1.54) is 11.1 Å². The molecule has 1 aliphatic heterocycles. The zero-order chi connectivity index (χ0) is 18.4. The van der Waals surface area contributed by atoms with Crippen LogP contribution in [0.2, 0.25) is 0 Å². The summed E-state index contributed by atoms with van der Waals surface area (Å²) in [6, 6.07) is 7.46. The molecule has 2 heterocycles. The summed E-state index contributed by atoms with van der Waals surface area (Å²) < 4.78 is 7.21. The van der Waals surface area contributed by atoms with Gasteiger partial charge in [-0.2, -0.15) is 5.10 Å². The van der Waals surface area contributed by atoms with Crippen molar-refractivity contribution in [1.82, 2.24) is 14.7 Å². The SMILES string of the molecule is CCn1cc(C2=CCN(CCC(=O)Nc3ccccc3OC)CC2)cn1. The maximum absolute atomic E-state index is 12.2. The topological polar surface area (TPSA) is 59.4 Å². The number of aryl methyl sites for hydroxylation is 1. The van der Waals surface area contributed by atoms with Crippen molar-refractivity contribution in [3.05, 3.63) is 48.3 Å². The van der Waals surface area contributed by atoms with Gasteiger partial charge < -0.3 is 10.1 Å². The van der Waals surface area contributed by atoms with E-state index < -0.39 is 0 Å². The zero-order valence-electron chi connectivity index (χ0n) is 15.4. The van der Waals surface area contributed by atoms with Crippen LogP contribution in [-0.2, 0) is 11.3 Å². The van der Waals surface area contributed by atoms with Crippen LogP contribution in [0.4, 0.5) is 5.69 Å². The van der Waals surface area contributed by atoms with Gasteiger partial charge in [-0.25, -0.2) is 0 Å². The molecule has 0 bridgehead atoms. The number of nitrogens with one attached hydrogen (secondary N) is 1. The largest absolute Gasteiger partial charge is 0.495 e. The molecule has 0 radical (unpaired) electrons. The number of para-hydroxylation sites is 2. The van der Waals surface area contributed by atoms with Crippen molar-refractivity contribution < 1.29 is 9.53 Å². The summed E-state index contributed by atoms with van der Waals surface area (Å²) in [5, 5.41) is 7.27. The van der Waals surface area contributed by atoms with Crippen molar-refractivity contribution in [3.63, 3.8) is 0 Å². The number of nitrogens with zero attached hydrogens (tertiary/aromatic N) is 3. The van der Waals surface area contributed by atoms with Crippen LogP contribution in [0.25, 0.3) is 5.57 Å². The molecule has 1 aromatic carbocycles. The Hall–Kier alpha value is -2.60. The first-order valence-corrected chi connectivity index (χ1v) is 9.06. The highest BCUT2D eigenvalue weighted by Gasteiger charge is 2.15. The molecule has 138 valence electrons. The third-order valence-corrected chi connectivity index (χ3v) is 4.66. The molecule has 0 atom stereocenters. The van der Waals surface area contributed by atoms with Crippen LogP contribution in [0.1, 0.15) is 25.3 Å². The highest BCUT2D eigenvalue weighted by atomic mass is 16.5. The summed E-state index contributed by atoms with van der Waals surface area (Å²) in [6.45, 7) is 5.56. The van der Waals surface area contributed by atoms with E-state index in [0.717, 1.165) is 32.6 Å². The summed E-state index contributed by atoms with van der Waals surface area (Å²) in [6.07, 6.45) is 7.74. The second kappa shape index (κ2) is 8.67. The van der Waals surface area contributed by atoms with E-state index in [1.54, 1.807) is 7.11 Å². The van der Waals surface area contributed by atoms with E-state index in [9.17, 15) is 4.79 Å². The first-order valence-electron chi connectivity index (χ1n) is 9.06. The standard InChI is InChI=1S/C20H26N4O2/c1-3-24-15-17(14-21-24)16-8-11-23(12-9-16)13-10-20(25)22-18-6-4-5-7-19(18)26-2/h4-8,14-15H,3,9-13H2,1-2H3,(H,22,25). The number of carbonyl (C=O) groups is 1.